The number of rotatable bonds is 4. The number of para-hydroxylation sites is 1. The van der Waals surface area contributed by atoms with E-state index in [9.17, 15) is 4.79 Å². The Morgan fingerprint density at radius 3 is 2.60 bits per heavy atom. The average molecular weight is 337 g/mol. The fraction of sp³-hybridized carbons (Fsp3) is 0.250. The molecule has 0 unspecified atom stereocenters. The number of benzene rings is 2. The van der Waals surface area contributed by atoms with E-state index in [0.29, 0.717) is 17.1 Å². The van der Waals surface area contributed by atoms with Gasteiger partial charge in [0.1, 0.15) is 0 Å². The average Bonchev–Trinajstić information content (AvgIpc) is 3.16. The van der Waals surface area contributed by atoms with Gasteiger partial charge >= 0.3 is 0 Å². The first-order valence-electron chi connectivity index (χ1n) is 8.35. The van der Waals surface area contributed by atoms with Crippen LogP contribution >= 0.6 is 0 Å². The Balaban J connectivity index is 1.47. The molecule has 0 aliphatic carbocycles. The van der Waals surface area contributed by atoms with Gasteiger partial charge in [-0.2, -0.15) is 0 Å². The molecule has 0 bridgehead atoms. The lowest BCUT2D eigenvalue weighted by atomic mass is 10.1. The molecule has 2 aromatic carbocycles. The Kier molecular flexibility index (Phi) is 4.39. The monoisotopic (exact) mass is 337 g/mol. The topological polar surface area (TPSA) is 48.0 Å². The first kappa shape index (κ1) is 15.7. The molecule has 5 heteroatoms. The highest BCUT2D eigenvalue weighted by atomic mass is 16.7. The maximum absolute atomic E-state index is 12.4. The molecule has 4 rings (SSSR count). The summed E-state index contributed by atoms with van der Waals surface area (Å²) in [4.78, 5) is 14.7. The minimum absolute atomic E-state index is 0.0370. The number of ether oxygens (including phenoxy) is 3. The predicted molar refractivity (Wildman–Crippen MR) is 95.4 cm³/mol. The van der Waals surface area contributed by atoms with Gasteiger partial charge in [-0.15, -0.1) is 0 Å². The summed E-state index contributed by atoms with van der Waals surface area (Å²) >= 11 is 0. The van der Waals surface area contributed by atoms with Crippen LogP contribution in [0.4, 0.5) is 5.69 Å². The van der Waals surface area contributed by atoms with Crippen LogP contribution in [-0.2, 0) is 4.74 Å². The van der Waals surface area contributed by atoms with E-state index in [1.54, 1.807) is 12.2 Å². The molecular formula is C20H19NO4. The van der Waals surface area contributed by atoms with Crippen LogP contribution in [0.5, 0.6) is 11.5 Å². The molecule has 2 aliphatic rings. The van der Waals surface area contributed by atoms with Crippen molar-refractivity contribution in [1.29, 1.82) is 0 Å². The van der Waals surface area contributed by atoms with Crippen LogP contribution < -0.4 is 14.4 Å². The van der Waals surface area contributed by atoms with E-state index < -0.39 is 0 Å². The van der Waals surface area contributed by atoms with Gasteiger partial charge in [0.15, 0.2) is 17.3 Å². The van der Waals surface area contributed by atoms with Crippen LogP contribution in [0.2, 0.25) is 0 Å². The molecule has 0 radical (unpaired) electrons. The summed E-state index contributed by atoms with van der Waals surface area (Å²) in [5, 5.41) is 0. The zero-order valence-corrected chi connectivity index (χ0v) is 13.8. The smallest absolute Gasteiger partial charge is 0.231 e. The van der Waals surface area contributed by atoms with Gasteiger partial charge in [-0.05, 0) is 42.5 Å². The maximum atomic E-state index is 12.4. The molecule has 1 fully saturated rings. The lowest BCUT2D eigenvalue weighted by Gasteiger charge is -2.28. The minimum Gasteiger partial charge on any atom is -0.454 e. The van der Waals surface area contributed by atoms with Crippen LogP contribution in [0, 0.1) is 0 Å². The van der Waals surface area contributed by atoms with E-state index in [4.69, 9.17) is 14.2 Å². The van der Waals surface area contributed by atoms with Crippen molar-refractivity contribution in [3.05, 3.63) is 59.7 Å². The lowest BCUT2D eigenvalue weighted by Crippen LogP contribution is -2.36. The summed E-state index contributed by atoms with van der Waals surface area (Å²) in [7, 11) is 0. The molecule has 0 N–H and O–H groups in total. The highest BCUT2D eigenvalue weighted by molar-refractivity contribution is 6.07. The number of nitrogens with zero attached hydrogens (tertiary/aromatic N) is 1. The van der Waals surface area contributed by atoms with Crippen molar-refractivity contribution < 1.29 is 19.0 Å². The third kappa shape index (κ3) is 3.37. The SMILES string of the molecule is O=C(C=Cc1cccc2c1OCO2)c1ccc(N2CCOCC2)cc1. The van der Waals surface area contributed by atoms with E-state index >= 15 is 0 Å². The number of allylic oxidation sites excluding steroid dienone is 1. The summed E-state index contributed by atoms with van der Waals surface area (Å²) in [5.41, 5.74) is 2.63. The van der Waals surface area contributed by atoms with Gasteiger partial charge in [0, 0.05) is 29.9 Å². The van der Waals surface area contributed by atoms with Crippen molar-refractivity contribution in [1.82, 2.24) is 0 Å². The first-order chi connectivity index (χ1) is 12.3. The van der Waals surface area contributed by atoms with Gasteiger partial charge in [-0.3, -0.25) is 4.79 Å². The zero-order valence-electron chi connectivity index (χ0n) is 13.8. The highest BCUT2D eigenvalue weighted by Gasteiger charge is 2.16. The molecule has 2 aromatic rings. The Morgan fingerprint density at radius 2 is 1.80 bits per heavy atom. The number of ketones is 1. The second kappa shape index (κ2) is 6.99. The molecule has 2 aliphatic heterocycles. The molecule has 2 heterocycles. The first-order valence-corrected chi connectivity index (χ1v) is 8.35. The fourth-order valence-corrected chi connectivity index (χ4v) is 3.00. The van der Waals surface area contributed by atoms with Crippen LogP contribution in [-0.4, -0.2) is 38.9 Å². The number of anilines is 1. The van der Waals surface area contributed by atoms with E-state index in [-0.39, 0.29) is 12.6 Å². The van der Waals surface area contributed by atoms with Gasteiger partial charge in [0.2, 0.25) is 6.79 Å². The standard InChI is InChI=1S/C20H19NO4/c22-18(9-6-16-2-1-3-19-20(16)25-14-24-19)15-4-7-17(8-5-15)21-10-12-23-13-11-21/h1-9H,10-14H2. The number of hydrogen-bond donors (Lipinski definition) is 0. The van der Waals surface area contributed by atoms with Gasteiger partial charge in [-0.1, -0.05) is 12.1 Å². The highest BCUT2D eigenvalue weighted by Crippen LogP contribution is 2.36. The van der Waals surface area contributed by atoms with E-state index in [1.165, 1.54) is 0 Å². The van der Waals surface area contributed by atoms with Gasteiger partial charge in [-0.25, -0.2) is 0 Å². The van der Waals surface area contributed by atoms with Crippen molar-refractivity contribution in [3.8, 4) is 11.5 Å². The molecule has 1 saturated heterocycles. The fourth-order valence-electron chi connectivity index (χ4n) is 3.00. The van der Waals surface area contributed by atoms with Crippen LogP contribution in [0.3, 0.4) is 0 Å². The van der Waals surface area contributed by atoms with Crippen molar-refractivity contribution in [3.63, 3.8) is 0 Å². The Hall–Kier alpha value is -2.79. The van der Waals surface area contributed by atoms with Crippen LogP contribution in [0.1, 0.15) is 15.9 Å². The molecular weight excluding hydrogens is 318 g/mol. The summed E-state index contributed by atoms with van der Waals surface area (Å²) in [6, 6.07) is 13.4. The predicted octanol–water partition coefficient (Wildman–Crippen LogP) is 3.15. The second-order valence-corrected chi connectivity index (χ2v) is 5.92. The number of morpholine rings is 1. The van der Waals surface area contributed by atoms with Crippen molar-refractivity contribution in [2.75, 3.05) is 38.0 Å². The molecule has 0 spiro atoms. The number of carbonyl (C=O) groups excluding carboxylic acids is 1. The summed E-state index contributed by atoms with van der Waals surface area (Å²) in [5.74, 6) is 1.36. The van der Waals surface area contributed by atoms with Gasteiger partial charge in [0.25, 0.3) is 0 Å². The maximum Gasteiger partial charge on any atom is 0.231 e. The molecule has 0 aromatic heterocycles. The van der Waals surface area contributed by atoms with Crippen LogP contribution in [0.15, 0.2) is 48.5 Å². The largest absolute Gasteiger partial charge is 0.454 e. The molecule has 5 nitrogen and oxygen atoms in total. The van der Waals surface area contributed by atoms with Gasteiger partial charge in [0.05, 0.1) is 13.2 Å². The molecule has 128 valence electrons. The zero-order chi connectivity index (χ0) is 17.1. The molecule has 25 heavy (non-hydrogen) atoms. The third-order valence-electron chi connectivity index (χ3n) is 4.37. The van der Waals surface area contributed by atoms with Crippen molar-refractivity contribution in [2.45, 2.75) is 0 Å². The van der Waals surface area contributed by atoms with E-state index in [1.807, 2.05) is 42.5 Å². The number of carbonyl (C=O) groups is 1. The normalized spacial score (nSPS) is 16.4. The Labute approximate surface area is 146 Å². The third-order valence-corrected chi connectivity index (χ3v) is 4.37. The Morgan fingerprint density at radius 1 is 1.00 bits per heavy atom. The van der Waals surface area contributed by atoms with Gasteiger partial charge < -0.3 is 19.1 Å². The van der Waals surface area contributed by atoms with Crippen molar-refractivity contribution >= 4 is 17.5 Å². The minimum atomic E-state index is -0.0370. The second-order valence-electron chi connectivity index (χ2n) is 5.92. The molecule has 0 saturated carbocycles. The van der Waals surface area contributed by atoms with E-state index in [0.717, 1.165) is 37.6 Å². The quantitative estimate of drug-likeness (QED) is 0.634. The summed E-state index contributed by atoms with van der Waals surface area (Å²) in [6.07, 6.45) is 3.34. The number of fused-ring (bicyclic) bond motifs is 1. The number of hydrogen-bond acceptors (Lipinski definition) is 5. The van der Waals surface area contributed by atoms with E-state index in [2.05, 4.69) is 4.90 Å². The van der Waals surface area contributed by atoms with Crippen molar-refractivity contribution in [2.24, 2.45) is 0 Å². The summed E-state index contributed by atoms with van der Waals surface area (Å²) < 4.78 is 16.2. The summed E-state index contributed by atoms with van der Waals surface area (Å²) in [6.45, 7) is 3.48. The lowest BCUT2D eigenvalue weighted by molar-refractivity contribution is 0.104. The van der Waals surface area contributed by atoms with Crippen LogP contribution in [0.25, 0.3) is 6.08 Å². The molecule has 0 atom stereocenters. The Bertz CT molecular complexity index is 792. The molecule has 0 amide bonds.